The second-order valence-electron chi connectivity index (χ2n) is 16.1. The summed E-state index contributed by atoms with van der Waals surface area (Å²) in [5.74, 6) is -0.889. The smallest absolute Gasteiger partial charge is 0.462 e. The van der Waals surface area contributed by atoms with Crippen molar-refractivity contribution in [3.8, 4) is 0 Å². The molecular formula is C46H85NO8P+. The molecule has 0 aliphatic carbocycles. The van der Waals surface area contributed by atoms with Gasteiger partial charge in [0.25, 0.3) is 0 Å². The third kappa shape index (κ3) is 41.6. The van der Waals surface area contributed by atoms with Gasteiger partial charge in [0.15, 0.2) is 6.10 Å². The van der Waals surface area contributed by atoms with E-state index in [0.717, 1.165) is 38.5 Å². The number of ether oxygens (including phenoxy) is 2. The minimum absolute atomic E-state index is 0.0190. The van der Waals surface area contributed by atoms with Gasteiger partial charge in [-0.3, -0.25) is 18.6 Å². The molecule has 0 spiro atoms. The summed E-state index contributed by atoms with van der Waals surface area (Å²) in [6.07, 6.45) is 44.6. The van der Waals surface area contributed by atoms with Crippen LogP contribution in [0.15, 0.2) is 48.6 Å². The highest BCUT2D eigenvalue weighted by atomic mass is 31.2. The number of unbranched alkanes of at least 4 members (excludes halogenated alkanes) is 18. The van der Waals surface area contributed by atoms with Crippen molar-refractivity contribution in [1.29, 1.82) is 0 Å². The molecule has 0 rings (SSSR count). The van der Waals surface area contributed by atoms with Gasteiger partial charge in [-0.05, 0) is 44.9 Å². The van der Waals surface area contributed by atoms with Gasteiger partial charge >= 0.3 is 19.8 Å². The highest BCUT2D eigenvalue weighted by Crippen LogP contribution is 2.43. The van der Waals surface area contributed by atoms with Crippen LogP contribution in [-0.2, 0) is 32.7 Å². The first-order valence-electron chi connectivity index (χ1n) is 22.4. The van der Waals surface area contributed by atoms with Gasteiger partial charge in [0.2, 0.25) is 0 Å². The first-order chi connectivity index (χ1) is 27.0. The summed E-state index contributed by atoms with van der Waals surface area (Å²) in [7, 11) is 1.43. The molecule has 0 aliphatic rings. The Bertz CT molecular complexity index is 1100. The zero-order valence-corrected chi connectivity index (χ0v) is 37.5. The van der Waals surface area contributed by atoms with Crippen molar-refractivity contribution >= 4 is 19.8 Å². The highest BCUT2D eigenvalue weighted by molar-refractivity contribution is 7.47. The molecule has 0 radical (unpaired) electrons. The van der Waals surface area contributed by atoms with Crippen LogP contribution in [0.2, 0.25) is 0 Å². The van der Waals surface area contributed by atoms with E-state index in [4.69, 9.17) is 18.5 Å². The molecule has 1 N–H and O–H groups in total. The Balaban J connectivity index is 4.46. The Morgan fingerprint density at radius 3 is 1.50 bits per heavy atom. The predicted molar refractivity (Wildman–Crippen MR) is 233 cm³/mol. The third-order valence-corrected chi connectivity index (χ3v) is 10.4. The molecule has 0 saturated carbocycles. The van der Waals surface area contributed by atoms with Crippen molar-refractivity contribution in [2.75, 3.05) is 47.5 Å². The molecule has 0 aromatic heterocycles. The van der Waals surface area contributed by atoms with Crippen LogP contribution in [-0.4, -0.2) is 74.9 Å². The van der Waals surface area contributed by atoms with Crippen molar-refractivity contribution in [2.24, 2.45) is 0 Å². The fourth-order valence-corrected chi connectivity index (χ4v) is 6.58. The number of quaternary nitrogens is 1. The molecule has 2 atom stereocenters. The fraction of sp³-hybridized carbons (Fsp3) is 0.783. The summed E-state index contributed by atoms with van der Waals surface area (Å²) in [6.45, 7) is 4.32. The van der Waals surface area contributed by atoms with E-state index >= 15 is 0 Å². The van der Waals surface area contributed by atoms with Gasteiger partial charge in [-0.1, -0.05) is 172 Å². The zero-order chi connectivity index (χ0) is 41.4. The van der Waals surface area contributed by atoms with Gasteiger partial charge in [-0.15, -0.1) is 0 Å². The molecule has 0 fully saturated rings. The van der Waals surface area contributed by atoms with Gasteiger partial charge in [0, 0.05) is 12.8 Å². The van der Waals surface area contributed by atoms with Crippen molar-refractivity contribution in [2.45, 2.75) is 187 Å². The largest absolute Gasteiger partial charge is 0.472 e. The van der Waals surface area contributed by atoms with E-state index in [-0.39, 0.29) is 32.0 Å². The summed E-state index contributed by atoms with van der Waals surface area (Å²) in [6, 6.07) is 0. The Kier molecular flexibility index (Phi) is 37.1. The first-order valence-corrected chi connectivity index (χ1v) is 23.9. The minimum Gasteiger partial charge on any atom is -0.462 e. The van der Waals surface area contributed by atoms with Crippen molar-refractivity contribution in [1.82, 2.24) is 0 Å². The average molecular weight is 811 g/mol. The van der Waals surface area contributed by atoms with Crippen LogP contribution in [0.5, 0.6) is 0 Å². The third-order valence-electron chi connectivity index (χ3n) is 9.38. The number of carbonyl (C=O) groups excluding carboxylic acids is 2. The second kappa shape index (κ2) is 38.5. The summed E-state index contributed by atoms with van der Waals surface area (Å²) in [5.41, 5.74) is 0. The fourth-order valence-electron chi connectivity index (χ4n) is 5.84. The van der Waals surface area contributed by atoms with E-state index in [1.54, 1.807) is 0 Å². The quantitative estimate of drug-likeness (QED) is 0.0214. The first kappa shape index (κ1) is 54.0. The normalized spacial score (nSPS) is 14.0. The van der Waals surface area contributed by atoms with Crippen LogP contribution in [0.3, 0.4) is 0 Å². The van der Waals surface area contributed by atoms with Crippen LogP contribution in [0.1, 0.15) is 181 Å². The second-order valence-corrected chi connectivity index (χ2v) is 17.5. The lowest BCUT2D eigenvalue weighted by atomic mass is 10.0. The molecule has 56 heavy (non-hydrogen) atoms. The maximum atomic E-state index is 12.7. The summed E-state index contributed by atoms with van der Waals surface area (Å²) in [4.78, 5) is 35.3. The molecule has 0 amide bonds. The summed E-state index contributed by atoms with van der Waals surface area (Å²) < 4.78 is 34.2. The Morgan fingerprint density at radius 1 is 0.554 bits per heavy atom. The van der Waals surface area contributed by atoms with E-state index in [1.807, 2.05) is 33.3 Å². The molecule has 0 aliphatic heterocycles. The summed E-state index contributed by atoms with van der Waals surface area (Å²) in [5, 5.41) is 0. The van der Waals surface area contributed by atoms with Crippen LogP contribution < -0.4 is 0 Å². The number of hydrogen-bond acceptors (Lipinski definition) is 7. The molecule has 0 bridgehead atoms. The van der Waals surface area contributed by atoms with E-state index in [0.29, 0.717) is 17.4 Å². The Labute approximate surface area is 343 Å². The van der Waals surface area contributed by atoms with Crippen molar-refractivity contribution < 1.29 is 42.1 Å². The van der Waals surface area contributed by atoms with Crippen molar-refractivity contribution in [3.63, 3.8) is 0 Å². The van der Waals surface area contributed by atoms with Gasteiger partial charge in [0.05, 0.1) is 27.7 Å². The predicted octanol–water partition coefficient (Wildman–Crippen LogP) is 12.7. The molecule has 9 nitrogen and oxygen atoms in total. The average Bonchev–Trinajstić information content (AvgIpc) is 3.15. The Hall–Kier alpha value is -2.03. The number of phosphoric ester groups is 1. The number of esters is 2. The number of allylic oxidation sites excluding steroid dienone is 8. The minimum atomic E-state index is -4.39. The Morgan fingerprint density at radius 2 is 1.00 bits per heavy atom. The van der Waals surface area contributed by atoms with E-state index in [9.17, 15) is 19.0 Å². The number of phosphoric acid groups is 1. The molecule has 0 saturated heterocycles. The van der Waals surface area contributed by atoms with E-state index < -0.39 is 26.5 Å². The van der Waals surface area contributed by atoms with Crippen LogP contribution in [0.25, 0.3) is 0 Å². The van der Waals surface area contributed by atoms with Crippen molar-refractivity contribution in [3.05, 3.63) is 48.6 Å². The summed E-state index contributed by atoms with van der Waals surface area (Å²) >= 11 is 0. The standard InChI is InChI=1S/C46H84NO8P/c1-6-8-10-12-14-16-18-20-22-23-25-27-29-31-33-35-37-39-46(49)55-44(43-54-56(50,51)53-41-40-47(3,4)5)42-52-45(48)38-36-34-32-30-28-26-24-21-19-17-15-13-11-9-7-2/h16,18,22-23,27,29,33,35,44H,6-15,17,19-21,24-26,28,30-32,34,36-43H2,1-5H3/p+1/b18-16-,23-22-,29-27-,35-33-. The monoisotopic (exact) mass is 811 g/mol. The number of rotatable bonds is 40. The topological polar surface area (TPSA) is 108 Å². The van der Waals surface area contributed by atoms with Gasteiger partial charge in [-0.2, -0.15) is 0 Å². The lowest BCUT2D eigenvalue weighted by molar-refractivity contribution is -0.870. The van der Waals surface area contributed by atoms with Gasteiger partial charge in [-0.25, -0.2) is 4.57 Å². The molecule has 2 unspecified atom stereocenters. The number of likely N-dealkylation sites (N-methyl/N-ethyl adjacent to an activating group) is 1. The van der Waals surface area contributed by atoms with E-state index in [1.165, 1.54) is 109 Å². The van der Waals surface area contributed by atoms with Gasteiger partial charge < -0.3 is 18.9 Å². The lowest BCUT2D eigenvalue weighted by Crippen LogP contribution is -2.37. The maximum absolute atomic E-state index is 12.7. The highest BCUT2D eigenvalue weighted by Gasteiger charge is 2.27. The van der Waals surface area contributed by atoms with E-state index in [2.05, 4.69) is 50.3 Å². The van der Waals surface area contributed by atoms with Crippen LogP contribution in [0, 0.1) is 0 Å². The molecule has 10 heteroatoms. The van der Waals surface area contributed by atoms with Crippen LogP contribution in [0.4, 0.5) is 0 Å². The number of carbonyl (C=O) groups is 2. The maximum Gasteiger partial charge on any atom is 0.472 e. The van der Waals surface area contributed by atoms with Crippen LogP contribution >= 0.6 is 7.82 Å². The molecule has 326 valence electrons. The van der Waals surface area contributed by atoms with Gasteiger partial charge in [0.1, 0.15) is 19.8 Å². The zero-order valence-electron chi connectivity index (χ0n) is 36.6. The lowest BCUT2D eigenvalue weighted by Gasteiger charge is -2.24. The molecule has 0 aromatic carbocycles. The molecule has 0 aromatic rings. The molecular weight excluding hydrogens is 725 g/mol. The number of nitrogens with zero attached hydrogens (tertiary/aromatic N) is 1. The SMILES string of the molecule is CCCCCC/C=C\C/C=C\C/C=C\C/C=C\CCC(=O)OC(COC(=O)CCCCCCCCCCCCCCCCC)COP(=O)(O)OCC[N+](C)(C)C. The number of hydrogen-bond donors (Lipinski definition) is 1. The molecule has 0 heterocycles.